The summed E-state index contributed by atoms with van der Waals surface area (Å²) in [6.07, 6.45) is 0. The molecule has 0 aliphatic heterocycles. The number of para-hydroxylation sites is 1. The first-order valence-corrected chi connectivity index (χ1v) is 8.21. The maximum atomic E-state index is 14.0. The molecule has 5 heteroatoms. The van der Waals surface area contributed by atoms with Crippen LogP contribution in [0.4, 0.5) is 8.78 Å². The van der Waals surface area contributed by atoms with Crippen LogP contribution in [0.15, 0.2) is 47.3 Å². The number of nitrogens with zero attached hydrogens (tertiary/aromatic N) is 2. The predicted molar refractivity (Wildman–Crippen MR) is 97.8 cm³/mol. The van der Waals surface area contributed by atoms with Crippen LogP contribution in [-0.2, 0) is 6.54 Å². The second kappa shape index (κ2) is 6.72. The molecular weight excluding hydrogens is 334 g/mol. The first-order chi connectivity index (χ1) is 12.2. The van der Waals surface area contributed by atoms with Crippen LogP contribution in [0.2, 0.25) is 0 Å². The Morgan fingerprint density at radius 1 is 1.12 bits per heavy atom. The molecule has 3 aromatic rings. The summed E-state index contributed by atoms with van der Waals surface area (Å²) in [5.74, 6) is 4.56. The van der Waals surface area contributed by atoms with Gasteiger partial charge < -0.3 is 0 Å². The van der Waals surface area contributed by atoms with E-state index in [0.29, 0.717) is 10.9 Å². The van der Waals surface area contributed by atoms with Gasteiger partial charge in [-0.2, -0.15) is 5.10 Å². The molecule has 0 saturated carbocycles. The SMILES string of the molecule is CC(C)(C)C#Cc1nn(Cc2ccc(F)cc2F)c2ccccc2c1=O. The van der Waals surface area contributed by atoms with Gasteiger partial charge in [-0.15, -0.1) is 0 Å². The molecule has 132 valence electrons. The highest BCUT2D eigenvalue weighted by Gasteiger charge is 2.12. The van der Waals surface area contributed by atoms with Gasteiger partial charge in [0.2, 0.25) is 5.43 Å². The maximum absolute atomic E-state index is 14.0. The molecule has 1 aromatic heterocycles. The van der Waals surface area contributed by atoms with Crippen molar-refractivity contribution in [2.75, 3.05) is 0 Å². The summed E-state index contributed by atoms with van der Waals surface area (Å²) in [5.41, 5.74) is 0.424. The number of halogens is 2. The Morgan fingerprint density at radius 3 is 2.54 bits per heavy atom. The molecule has 0 bridgehead atoms. The molecule has 0 radical (unpaired) electrons. The zero-order valence-corrected chi connectivity index (χ0v) is 14.8. The first-order valence-electron chi connectivity index (χ1n) is 8.21. The molecule has 1 heterocycles. The van der Waals surface area contributed by atoms with Crippen LogP contribution in [0.5, 0.6) is 0 Å². The minimum absolute atomic E-state index is 0.0666. The van der Waals surface area contributed by atoms with Crippen LogP contribution in [-0.4, -0.2) is 9.78 Å². The van der Waals surface area contributed by atoms with E-state index in [-0.39, 0.29) is 28.6 Å². The highest BCUT2D eigenvalue weighted by atomic mass is 19.1. The summed E-state index contributed by atoms with van der Waals surface area (Å²) < 4.78 is 28.7. The van der Waals surface area contributed by atoms with Crippen molar-refractivity contribution in [3.63, 3.8) is 0 Å². The van der Waals surface area contributed by atoms with Gasteiger partial charge in [-0.05, 0) is 44.9 Å². The van der Waals surface area contributed by atoms with Gasteiger partial charge >= 0.3 is 0 Å². The van der Waals surface area contributed by atoms with Crippen molar-refractivity contribution in [3.05, 3.63) is 75.6 Å². The molecule has 0 unspecified atom stereocenters. The highest BCUT2D eigenvalue weighted by Crippen LogP contribution is 2.15. The van der Waals surface area contributed by atoms with Gasteiger partial charge in [0, 0.05) is 17.0 Å². The molecule has 0 aliphatic rings. The van der Waals surface area contributed by atoms with Crippen LogP contribution in [0, 0.1) is 28.9 Å². The summed E-state index contributed by atoms with van der Waals surface area (Å²) in [7, 11) is 0. The first kappa shape index (κ1) is 17.8. The zero-order chi connectivity index (χ0) is 18.9. The van der Waals surface area contributed by atoms with Crippen molar-refractivity contribution < 1.29 is 8.78 Å². The van der Waals surface area contributed by atoms with Crippen LogP contribution >= 0.6 is 0 Å². The van der Waals surface area contributed by atoms with E-state index >= 15 is 0 Å². The molecule has 0 spiro atoms. The van der Waals surface area contributed by atoms with Crippen molar-refractivity contribution in [1.82, 2.24) is 9.78 Å². The van der Waals surface area contributed by atoms with E-state index in [1.54, 1.807) is 24.3 Å². The lowest BCUT2D eigenvalue weighted by Crippen LogP contribution is -2.18. The number of hydrogen-bond acceptors (Lipinski definition) is 2. The van der Waals surface area contributed by atoms with E-state index in [0.717, 1.165) is 6.07 Å². The third kappa shape index (κ3) is 3.80. The zero-order valence-electron chi connectivity index (χ0n) is 14.8. The van der Waals surface area contributed by atoms with Crippen LogP contribution < -0.4 is 5.43 Å². The summed E-state index contributed by atoms with van der Waals surface area (Å²) in [6.45, 7) is 5.88. The largest absolute Gasteiger partial charge is 0.286 e. The lowest BCUT2D eigenvalue weighted by molar-refractivity contribution is 0.559. The van der Waals surface area contributed by atoms with E-state index in [1.165, 1.54) is 16.8 Å². The summed E-state index contributed by atoms with van der Waals surface area (Å²) in [5, 5.41) is 4.79. The molecule has 0 fully saturated rings. The van der Waals surface area contributed by atoms with Gasteiger partial charge in [0.15, 0.2) is 5.69 Å². The van der Waals surface area contributed by atoms with Gasteiger partial charge in [0.25, 0.3) is 0 Å². The summed E-state index contributed by atoms with van der Waals surface area (Å²) in [6, 6.07) is 10.4. The van der Waals surface area contributed by atoms with Crippen LogP contribution in [0.1, 0.15) is 32.0 Å². The van der Waals surface area contributed by atoms with E-state index in [2.05, 4.69) is 16.9 Å². The number of benzene rings is 2. The minimum Gasteiger partial charge on any atom is -0.286 e. The molecule has 0 amide bonds. The van der Waals surface area contributed by atoms with Crippen LogP contribution in [0.25, 0.3) is 10.9 Å². The van der Waals surface area contributed by atoms with E-state index in [4.69, 9.17) is 0 Å². The summed E-state index contributed by atoms with van der Waals surface area (Å²) in [4.78, 5) is 12.7. The number of aromatic nitrogens is 2. The second-order valence-corrected chi connectivity index (χ2v) is 7.09. The Hall–Kier alpha value is -3.00. The van der Waals surface area contributed by atoms with Crippen molar-refractivity contribution in [3.8, 4) is 11.8 Å². The average molecular weight is 352 g/mol. The van der Waals surface area contributed by atoms with E-state index < -0.39 is 11.6 Å². The van der Waals surface area contributed by atoms with Gasteiger partial charge in [-0.3, -0.25) is 9.48 Å². The Labute approximate surface area is 150 Å². The molecule has 0 N–H and O–H groups in total. The fraction of sp³-hybridized carbons (Fsp3) is 0.238. The fourth-order valence-corrected chi connectivity index (χ4v) is 2.50. The molecule has 3 nitrogen and oxygen atoms in total. The van der Waals surface area contributed by atoms with Crippen molar-refractivity contribution in [1.29, 1.82) is 0 Å². The monoisotopic (exact) mass is 352 g/mol. The summed E-state index contributed by atoms with van der Waals surface area (Å²) >= 11 is 0. The van der Waals surface area contributed by atoms with E-state index in [1.807, 2.05) is 20.8 Å². The molecule has 2 aromatic carbocycles. The smallest absolute Gasteiger partial charge is 0.223 e. The topological polar surface area (TPSA) is 34.9 Å². The maximum Gasteiger partial charge on any atom is 0.223 e. The Balaban J connectivity index is 2.19. The quantitative estimate of drug-likeness (QED) is 0.650. The highest BCUT2D eigenvalue weighted by molar-refractivity contribution is 5.79. The number of fused-ring (bicyclic) bond motifs is 1. The fourth-order valence-electron chi connectivity index (χ4n) is 2.50. The average Bonchev–Trinajstić information content (AvgIpc) is 2.58. The Kier molecular flexibility index (Phi) is 4.60. The Bertz CT molecular complexity index is 1100. The van der Waals surface area contributed by atoms with Gasteiger partial charge in [0.05, 0.1) is 17.4 Å². The van der Waals surface area contributed by atoms with Crippen LogP contribution in [0.3, 0.4) is 0 Å². The third-order valence-electron chi connectivity index (χ3n) is 3.75. The van der Waals surface area contributed by atoms with Crippen molar-refractivity contribution in [2.45, 2.75) is 27.3 Å². The number of rotatable bonds is 2. The second-order valence-electron chi connectivity index (χ2n) is 7.09. The molecule has 0 aliphatic carbocycles. The van der Waals surface area contributed by atoms with Crippen molar-refractivity contribution in [2.24, 2.45) is 5.41 Å². The predicted octanol–water partition coefficient (Wildman–Crippen LogP) is 4.12. The van der Waals surface area contributed by atoms with Gasteiger partial charge in [-0.1, -0.05) is 24.1 Å². The Morgan fingerprint density at radius 2 is 1.85 bits per heavy atom. The minimum atomic E-state index is -0.656. The third-order valence-corrected chi connectivity index (χ3v) is 3.75. The van der Waals surface area contributed by atoms with Gasteiger partial charge in [-0.25, -0.2) is 8.78 Å². The standard InChI is InChI=1S/C21H18F2N2O/c1-21(2,3)11-10-18-20(26)16-6-4-5-7-19(16)25(24-18)13-14-8-9-15(22)12-17(14)23/h4-9,12H,13H2,1-3H3. The molecule has 3 rings (SSSR count). The molecular formula is C21H18F2N2O. The molecule has 0 atom stereocenters. The molecule has 0 saturated heterocycles. The van der Waals surface area contributed by atoms with E-state index in [9.17, 15) is 13.6 Å². The number of hydrogen-bond donors (Lipinski definition) is 0. The lowest BCUT2D eigenvalue weighted by atomic mass is 9.98. The molecule has 26 heavy (non-hydrogen) atoms. The normalized spacial score (nSPS) is 11.3. The lowest BCUT2D eigenvalue weighted by Gasteiger charge is -2.12. The van der Waals surface area contributed by atoms with Crippen molar-refractivity contribution >= 4 is 10.9 Å². The van der Waals surface area contributed by atoms with Gasteiger partial charge in [0.1, 0.15) is 11.6 Å².